The Hall–Kier alpha value is -2.06. The predicted octanol–water partition coefficient (Wildman–Crippen LogP) is 2.68. The van der Waals surface area contributed by atoms with E-state index < -0.39 is 0 Å². The standard InChI is InChI=1S/C17H23N3O2.C2H6/c1-13-5-6-16(22-2)10-14(13)7-8-19-12-17(21)20-9-3-4-15(20)11-18;1-2/h5-6,10,15,19H,3-4,7-9,12H2,1-2H3;1-2H3. The van der Waals surface area contributed by atoms with Gasteiger partial charge in [-0.1, -0.05) is 19.9 Å². The lowest BCUT2D eigenvalue weighted by Gasteiger charge is -2.19. The molecule has 132 valence electrons. The summed E-state index contributed by atoms with van der Waals surface area (Å²) in [6.45, 7) is 7.79. The molecular weight excluding hydrogens is 302 g/mol. The van der Waals surface area contributed by atoms with Gasteiger partial charge in [0.15, 0.2) is 0 Å². The SMILES string of the molecule is CC.COc1ccc(C)c(CCNCC(=O)N2CCCC2C#N)c1. The molecule has 0 spiro atoms. The molecule has 1 aliphatic rings. The normalized spacial score (nSPS) is 16.1. The van der Waals surface area contributed by atoms with E-state index in [-0.39, 0.29) is 11.9 Å². The highest BCUT2D eigenvalue weighted by Crippen LogP contribution is 2.17. The van der Waals surface area contributed by atoms with E-state index in [0.29, 0.717) is 13.1 Å². The molecule has 1 heterocycles. The van der Waals surface area contributed by atoms with Crippen molar-refractivity contribution in [2.75, 3.05) is 26.7 Å². The number of hydrogen-bond donors (Lipinski definition) is 1. The molecule has 1 fully saturated rings. The van der Waals surface area contributed by atoms with Gasteiger partial charge in [0.2, 0.25) is 5.91 Å². The van der Waals surface area contributed by atoms with Crippen LogP contribution in [0, 0.1) is 18.3 Å². The van der Waals surface area contributed by atoms with Crippen molar-refractivity contribution in [2.24, 2.45) is 0 Å². The van der Waals surface area contributed by atoms with Crippen molar-refractivity contribution in [3.8, 4) is 11.8 Å². The lowest BCUT2D eigenvalue weighted by Crippen LogP contribution is -2.41. The van der Waals surface area contributed by atoms with E-state index in [1.807, 2.05) is 32.0 Å². The molecule has 1 N–H and O–H groups in total. The van der Waals surface area contributed by atoms with Crippen LogP contribution in [0.4, 0.5) is 0 Å². The van der Waals surface area contributed by atoms with E-state index in [4.69, 9.17) is 10.00 Å². The fraction of sp³-hybridized carbons (Fsp3) is 0.579. The molecule has 0 bridgehead atoms. The molecule has 1 saturated heterocycles. The molecule has 0 saturated carbocycles. The highest BCUT2D eigenvalue weighted by Gasteiger charge is 2.27. The fourth-order valence-electron chi connectivity index (χ4n) is 2.76. The van der Waals surface area contributed by atoms with E-state index in [1.165, 1.54) is 11.1 Å². The molecule has 5 nitrogen and oxygen atoms in total. The van der Waals surface area contributed by atoms with Crippen LogP contribution in [0.3, 0.4) is 0 Å². The number of benzene rings is 1. The second-order valence-electron chi connectivity index (χ2n) is 5.59. The third kappa shape index (κ3) is 5.54. The summed E-state index contributed by atoms with van der Waals surface area (Å²) in [5, 5.41) is 12.2. The maximum atomic E-state index is 12.1. The molecule has 1 amide bonds. The van der Waals surface area contributed by atoms with Crippen molar-refractivity contribution in [3.05, 3.63) is 29.3 Å². The minimum atomic E-state index is -0.241. The van der Waals surface area contributed by atoms with Crippen molar-refractivity contribution < 1.29 is 9.53 Å². The molecule has 1 unspecified atom stereocenters. The van der Waals surface area contributed by atoms with Gasteiger partial charge in [-0.05, 0) is 56.0 Å². The number of nitrogens with zero attached hydrogens (tertiary/aromatic N) is 2. The highest BCUT2D eigenvalue weighted by molar-refractivity contribution is 5.79. The number of carbonyl (C=O) groups is 1. The van der Waals surface area contributed by atoms with Crippen LogP contribution in [-0.2, 0) is 11.2 Å². The van der Waals surface area contributed by atoms with Gasteiger partial charge in [0.25, 0.3) is 0 Å². The first-order chi connectivity index (χ1) is 11.7. The van der Waals surface area contributed by atoms with E-state index in [9.17, 15) is 4.79 Å². The molecule has 0 aromatic heterocycles. The Morgan fingerprint density at radius 3 is 2.88 bits per heavy atom. The summed E-state index contributed by atoms with van der Waals surface area (Å²) in [5.74, 6) is 0.872. The highest BCUT2D eigenvalue weighted by atomic mass is 16.5. The Morgan fingerprint density at radius 2 is 2.21 bits per heavy atom. The van der Waals surface area contributed by atoms with Crippen molar-refractivity contribution >= 4 is 5.91 Å². The number of aryl methyl sites for hydroxylation is 1. The molecule has 1 aromatic carbocycles. The van der Waals surface area contributed by atoms with Gasteiger partial charge in [0.1, 0.15) is 11.8 Å². The van der Waals surface area contributed by atoms with Crippen LogP contribution in [-0.4, -0.2) is 43.6 Å². The van der Waals surface area contributed by atoms with E-state index in [1.54, 1.807) is 12.0 Å². The first-order valence-corrected chi connectivity index (χ1v) is 8.69. The summed E-state index contributed by atoms with van der Waals surface area (Å²) in [7, 11) is 1.66. The van der Waals surface area contributed by atoms with Crippen molar-refractivity contribution in [3.63, 3.8) is 0 Å². The Labute approximate surface area is 145 Å². The number of nitrogens with one attached hydrogen (secondary N) is 1. The van der Waals surface area contributed by atoms with Crippen molar-refractivity contribution in [1.82, 2.24) is 10.2 Å². The summed E-state index contributed by atoms with van der Waals surface area (Å²) in [5.41, 5.74) is 2.44. The van der Waals surface area contributed by atoms with Gasteiger partial charge in [-0.2, -0.15) is 5.26 Å². The molecular formula is C19H29N3O2. The summed E-state index contributed by atoms with van der Waals surface area (Å²) in [4.78, 5) is 13.8. The van der Waals surface area contributed by atoms with Gasteiger partial charge < -0.3 is 15.0 Å². The molecule has 5 heteroatoms. The van der Waals surface area contributed by atoms with Crippen LogP contribution >= 0.6 is 0 Å². The number of hydrogen-bond acceptors (Lipinski definition) is 4. The number of likely N-dealkylation sites (tertiary alicyclic amines) is 1. The quantitative estimate of drug-likeness (QED) is 0.814. The topological polar surface area (TPSA) is 65.4 Å². The summed E-state index contributed by atoms with van der Waals surface area (Å²) in [6.07, 6.45) is 2.57. The van der Waals surface area contributed by atoms with Crippen LogP contribution in [0.2, 0.25) is 0 Å². The van der Waals surface area contributed by atoms with Crippen molar-refractivity contribution in [1.29, 1.82) is 5.26 Å². The lowest BCUT2D eigenvalue weighted by molar-refractivity contribution is -0.130. The van der Waals surface area contributed by atoms with Crippen LogP contribution in [0.25, 0.3) is 0 Å². The maximum absolute atomic E-state index is 12.1. The van der Waals surface area contributed by atoms with Gasteiger partial charge >= 0.3 is 0 Å². The second kappa shape index (κ2) is 10.7. The first kappa shape index (κ1) is 20.0. The number of amides is 1. The number of methoxy groups -OCH3 is 1. The third-order valence-corrected chi connectivity index (χ3v) is 4.13. The zero-order valence-corrected chi connectivity index (χ0v) is 15.3. The number of rotatable bonds is 6. The van der Waals surface area contributed by atoms with Crippen LogP contribution < -0.4 is 10.1 Å². The van der Waals surface area contributed by atoms with Crippen LogP contribution in [0.1, 0.15) is 37.8 Å². The smallest absolute Gasteiger partial charge is 0.237 e. The minimum Gasteiger partial charge on any atom is -0.497 e. The lowest BCUT2D eigenvalue weighted by atomic mass is 10.1. The molecule has 0 aliphatic carbocycles. The van der Waals surface area contributed by atoms with Gasteiger partial charge in [-0.3, -0.25) is 4.79 Å². The zero-order chi connectivity index (χ0) is 17.9. The average Bonchev–Trinajstić information content (AvgIpc) is 3.10. The first-order valence-electron chi connectivity index (χ1n) is 8.69. The largest absolute Gasteiger partial charge is 0.497 e. The van der Waals surface area contributed by atoms with Crippen LogP contribution in [0.5, 0.6) is 5.75 Å². The third-order valence-electron chi connectivity index (χ3n) is 4.13. The van der Waals surface area contributed by atoms with Gasteiger partial charge in [-0.15, -0.1) is 0 Å². The number of ether oxygens (including phenoxy) is 1. The molecule has 0 radical (unpaired) electrons. The molecule has 24 heavy (non-hydrogen) atoms. The Balaban J connectivity index is 0.00000139. The Morgan fingerprint density at radius 1 is 1.46 bits per heavy atom. The van der Waals surface area contributed by atoms with Crippen LogP contribution in [0.15, 0.2) is 18.2 Å². The summed E-state index contributed by atoms with van der Waals surface area (Å²) < 4.78 is 5.23. The maximum Gasteiger partial charge on any atom is 0.237 e. The van der Waals surface area contributed by atoms with Gasteiger partial charge in [0.05, 0.1) is 19.7 Å². The van der Waals surface area contributed by atoms with Crippen molar-refractivity contribution in [2.45, 2.75) is 46.1 Å². The molecule has 1 atom stereocenters. The summed E-state index contributed by atoms with van der Waals surface area (Å²) >= 11 is 0. The Bertz CT molecular complexity index is 566. The van der Waals surface area contributed by atoms with E-state index in [0.717, 1.165) is 31.6 Å². The number of carbonyl (C=O) groups excluding carboxylic acids is 1. The van der Waals surface area contributed by atoms with Gasteiger partial charge in [-0.25, -0.2) is 0 Å². The van der Waals surface area contributed by atoms with Gasteiger partial charge in [0, 0.05) is 6.54 Å². The number of nitriles is 1. The average molecular weight is 331 g/mol. The molecule has 2 rings (SSSR count). The van der Waals surface area contributed by atoms with E-state index >= 15 is 0 Å². The minimum absolute atomic E-state index is 0.0198. The predicted molar refractivity (Wildman–Crippen MR) is 96.0 cm³/mol. The second-order valence-corrected chi connectivity index (χ2v) is 5.59. The zero-order valence-electron chi connectivity index (χ0n) is 15.3. The summed E-state index contributed by atoms with van der Waals surface area (Å²) in [6, 6.07) is 7.98. The molecule has 1 aromatic rings. The monoisotopic (exact) mass is 331 g/mol. The van der Waals surface area contributed by atoms with E-state index in [2.05, 4.69) is 18.3 Å². The molecule has 1 aliphatic heterocycles. The fourth-order valence-corrected chi connectivity index (χ4v) is 2.76. The Kier molecular flexibility index (Phi) is 8.88.